The third-order valence-corrected chi connectivity index (χ3v) is 3.02. The van der Waals surface area contributed by atoms with E-state index in [0.29, 0.717) is 13.0 Å². The van der Waals surface area contributed by atoms with Crippen LogP contribution in [0.1, 0.15) is 24.3 Å². The van der Waals surface area contributed by atoms with Crippen molar-refractivity contribution in [2.24, 2.45) is 0 Å². The molecule has 1 aliphatic carbocycles. The van der Waals surface area contributed by atoms with Gasteiger partial charge in [0.1, 0.15) is 5.82 Å². The molecule has 0 radical (unpaired) electrons. The highest BCUT2D eigenvalue weighted by atomic mass is 19.1. The minimum absolute atomic E-state index is 0.0586. The van der Waals surface area contributed by atoms with Gasteiger partial charge in [-0.15, -0.1) is 0 Å². The molecule has 0 aromatic heterocycles. The van der Waals surface area contributed by atoms with E-state index in [1.807, 2.05) is 13.1 Å². The molecule has 92 valence electrons. The minimum Gasteiger partial charge on any atom is -0.353 e. The van der Waals surface area contributed by atoms with Crippen molar-refractivity contribution in [3.8, 4) is 0 Å². The Balaban J connectivity index is 1.82. The number of amides is 1. The highest BCUT2D eigenvalue weighted by Gasteiger charge is 2.39. The summed E-state index contributed by atoms with van der Waals surface area (Å²) in [5, 5.41) is 5.89. The zero-order valence-electron chi connectivity index (χ0n) is 9.87. The van der Waals surface area contributed by atoms with Crippen molar-refractivity contribution in [3.63, 3.8) is 0 Å². The molecule has 0 saturated heterocycles. The lowest BCUT2D eigenvalue weighted by Gasteiger charge is -2.04. The molecule has 1 saturated carbocycles. The molecule has 2 rings (SSSR count). The largest absolute Gasteiger partial charge is 0.353 e. The van der Waals surface area contributed by atoms with Crippen LogP contribution in [0, 0.1) is 5.82 Å². The van der Waals surface area contributed by atoms with Gasteiger partial charge in [0.25, 0.3) is 0 Å². The van der Waals surface area contributed by atoms with Gasteiger partial charge in [-0.05, 0) is 31.2 Å². The summed E-state index contributed by atoms with van der Waals surface area (Å²) in [4.78, 5) is 11.5. The molecule has 1 amide bonds. The maximum atomic E-state index is 13.0. The lowest BCUT2D eigenvalue weighted by molar-refractivity contribution is -0.121. The fourth-order valence-electron chi connectivity index (χ4n) is 1.98. The summed E-state index contributed by atoms with van der Waals surface area (Å²) in [6, 6.07) is 6.79. The maximum absolute atomic E-state index is 13.0. The first-order valence-electron chi connectivity index (χ1n) is 5.90. The first-order chi connectivity index (χ1) is 8.20. The van der Waals surface area contributed by atoms with Crippen LogP contribution in [0.2, 0.25) is 0 Å². The zero-order chi connectivity index (χ0) is 12.3. The number of hydrogen-bond acceptors (Lipinski definition) is 2. The first-order valence-corrected chi connectivity index (χ1v) is 5.90. The molecule has 2 atom stereocenters. The van der Waals surface area contributed by atoms with E-state index in [0.717, 1.165) is 12.0 Å². The van der Waals surface area contributed by atoms with Crippen molar-refractivity contribution < 1.29 is 9.18 Å². The summed E-state index contributed by atoms with van der Waals surface area (Å²) in [7, 11) is 1.82. The number of nitrogens with one attached hydrogen (secondary N) is 2. The van der Waals surface area contributed by atoms with Crippen LogP contribution in [0.5, 0.6) is 0 Å². The molecular weight excluding hydrogens is 219 g/mol. The topological polar surface area (TPSA) is 41.1 Å². The van der Waals surface area contributed by atoms with Crippen LogP contribution < -0.4 is 10.6 Å². The Morgan fingerprint density at radius 2 is 2.35 bits per heavy atom. The Bertz CT molecular complexity index is 408. The van der Waals surface area contributed by atoms with Crippen molar-refractivity contribution >= 4 is 5.91 Å². The summed E-state index contributed by atoms with van der Waals surface area (Å²) in [6.07, 6.45) is 1.40. The fraction of sp³-hybridized carbons (Fsp3) is 0.462. The van der Waals surface area contributed by atoms with Crippen LogP contribution in [0.15, 0.2) is 24.3 Å². The standard InChI is InChI=1S/C13H17FN2O/c1-15-6-5-13(17)16-12-8-11(12)9-3-2-4-10(14)7-9/h2-4,7,11-12,15H,5-6,8H2,1H3,(H,16,17). The van der Waals surface area contributed by atoms with E-state index in [1.54, 1.807) is 12.1 Å². The molecule has 1 aromatic carbocycles. The number of carbonyl (C=O) groups is 1. The van der Waals surface area contributed by atoms with Gasteiger partial charge >= 0.3 is 0 Å². The van der Waals surface area contributed by atoms with Crippen molar-refractivity contribution in [3.05, 3.63) is 35.6 Å². The number of halogens is 1. The van der Waals surface area contributed by atoms with Gasteiger partial charge in [0.2, 0.25) is 5.91 Å². The molecule has 1 aliphatic rings. The van der Waals surface area contributed by atoms with Crippen molar-refractivity contribution in [1.82, 2.24) is 10.6 Å². The van der Waals surface area contributed by atoms with Crippen LogP contribution >= 0.6 is 0 Å². The molecular formula is C13H17FN2O. The molecule has 0 spiro atoms. The Morgan fingerprint density at radius 1 is 1.53 bits per heavy atom. The molecule has 0 bridgehead atoms. The van der Waals surface area contributed by atoms with Gasteiger partial charge in [0.15, 0.2) is 0 Å². The second-order valence-corrected chi connectivity index (χ2v) is 4.42. The molecule has 1 fully saturated rings. The Hall–Kier alpha value is -1.42. The Kier molecular flexibility index (Phi) is 3.74. The van der Waals surface area contributed by atoms with Crippen LogP contribution in [0.25, 0.3) is 0 Å². The lowest BCUT2D eigenvalue weighted by atomic mass is 10.1. The molecule has 17 heavy (non-hydrogen) atoms. The third kappa shape index (κ3) is 3.27. The van der Waals surface area contributed by atoms with Crippen molar-refractivity contribution in [2.45, 2.75) is 24.8 Å². The molecule has 2 N–H and O–H groups in total. The Labute approximate surface area is 100 Å². The predicted molar refractivity (Wildman–Crippen MR) is 64.2 cm³/mol. The molecule has 1 aromatic rings. The highest BCUT2D eigenvalue weighted by Crippen LogP contribution is 2.40. The van der Waals surface area contributed by atoms with Crippen LogP contribution in [0.3, 0.4) is 0 Å². The summed E-state index contributed by atoms with van der Waals surface area (Å²) in [5.74, 6) is 0.127. The van der Waals surface area contributed by atoms with Gasteiger partial charge in [0, 0.05) is 24.9 Å². The lowest BCUT2D eigenvalue weighted by Crippen LogP contribution is -2.29. The van der Waals surface area contributed by atoms with Gasteiger partial charge in [0.05, 0.1) is 0 Å². The van der Waals surface area contributed by atoms with E-state index in [4.69, 9.17) is 0 Å². The van der Waals surface area contributed by atoms with Gasteiger partial charge in [-0.25, -0.2) is 4.39 Å². The van der Waals surface area contributed by atoms with E-state index in [2.05, 4.69) is 10.6 Å². The summed E-state index contributed by atoms with van der Waals surface area (Å²) in [6.45, 7) is 0.684. The smallest absolute Gasteiger partial charge is 0.221 e. The summed E-state index contributed by atoms with van der Waals surface area (Å²) < 4.78 is 13.0. The quantitative estimate of drug-likeness (QED) is 0.811. The monoisotopic (exact) mass is 236 g/mol. The van der Waals surface area contributed by atoms with Crippen LogP contribution in [0.4, 0.5) is 4.39 Å². The predicted octanol–water partition coefficient (Wildman–Crippen LogP) is 1.41. The average Bonchev–Trinajstić information content (AvgIpc) is 3.05. The van der Waals surface area contributed by atoms with Crippen LogP contribution in [-0.4, -0.2) is 25.5 Å². The second-order valence-electron chi connectivity index (χ2n) is 4.42. The van der Waals surface area contributed by atoms with Crippen LogP contribution in [-0.2, 0) is 4.79 Å². The summed E-state index contributed by atoms with van der Waals surface area (Å²) in [5.41, 5.74) is 0.976. The van der Waals surface area contributed by atoms with E-state index in [1.165, 1.54) is 6.07 Å². The molecule has 0 heterocycles. The molecule has 4 heteroatoms. The SMILES string of the molecule is CNCCC(=O)NC1CC1c1cccc(F)c1. The molecule has 2 unspecified atom stereocenters. The van der Waals surface area contributed by atoms with Crippen molar-refractivity contribution in [2.75, 3.05) is 13.6 Å². The van der Waals surface area contributed by atoms with Gasteiger partial charge < -0.3 is 10.6 Å². The van der Waals surface area contributed by atoms with Gasteiger partial charge in [-0.2, -0.15) is 0 Å². The Morgan fingerprint density at radius 3 is 3.06 bits per heavy atom. The maximum Gasteiger partial charge on any atom is 0.221 e. The van der Waals surface area contributed by atoms with Crippen molar-refractivity contribution in [1.29, 1.82) is 0 Å². The highest BCUT2D eigenvalue weighted by molar-refractivity contribution is 5.77. The van der Waals surface area contributed by atoms with Gasteiger partial charge in [-0.1, -0.05) is 12.1 Å². The first kappa shape index (κ1) is 12.0. The fourth-order valence-corrected chi connectivity index (χ4v) is 1.98. The minimum atomic E-state index is -0.213. The molecule has 0 aliphatic heterocycles. The number of hydrogen-bond donors (Lipinski definition) is 2. The number of rotatable bonds is 5. The third-order valence-electron chi connectivity index (χ3n) is 3.02. The molecule has 3 nitrogen and oxygen atoms in total. The average molecular weight is 236 g/mol. The van der Waals surface area contributed by atoms with E-state index in [-0.39, 0.29) is 23.7 Å². The number of carbonyl (C=O) groups excluding carboxylic acids is 1. The second kappa shape index (κ2) is 5.27. The normalized spacial score (nSPS) is 22.2. The van der Waals surface area contributed by atoms with E-state index in [9.17, 15) is 9.18 Å². The van der Waals surface area contributed by atoms with Gasteiger partial charge in [-0.3, -0.25) is 4.79 Å². The van der Waals surface area contributed by atoms with E-state index < -0.39 is 0 Å². The van der Waals surface area contributed by atoms with E-state index >= 15 is 0 Å². The summed E-state index contributed by atoms with van der Waals surface area (Å²) >= 11 is 0. The number of benzene rings is 1. The zero-order valence-corrected chi connectivity index (χ0v) is 9.87.